The van der Waals surface area contributed by atoms with E-state index in [1.54, 1.807) is 48.4 Å². The fourth-order valence-corrected chi connectivity index (χ4v) is 4.12. The summed E-state index contributed by atoms with van der Waals surface area (Å²) in [7, 11) is 0. The Hall–Kier alpha value is -3.75. The van der Waals surface area contributed by atoms with Crippen molar-refractivity contribution in [3.05, 3.63) is 53.7 Å². The van der Waals surface area contributed by atoms with Gasteiger partial charge in [0.05, 0.1) is 11.1 Å². The quantitative estimate of drug-likeness (QED) is 0.596. The van der Waals surface area contributed by atoms with Crippen molar-refractivity contribution in [1.29, 1.82) is 0 Å². The normalized spacial score (nSPS) is 17.4. The maximum absolute atomic E-state index is 12.8. The minimum atomic E-state index is -0.513. The molecule has 158 valence electrons. The number of anilines is 1. The zero-order valence-corrected chi connectivity index (χ0v) is 17.0. The summed E-state index contributed by atoms with van der Waals surface area (Å²) in [5.41, 5.74) is 1.98. The van der Waals surface area contributed by atoms with Crippen LogP contribution < -0.4 is 4.90 Å². The van der Waals surface area contributed by atoms with Crippen LogP contribution in [0.5, 0.6) is 0 Å². The molecule has 1 atom stereocenters. The molecule has 0 spiro atoms. The summed E-state index contributed by atoms with van der Waals surface area (Å²) in [6.07, 6.45) is 1.76. The van der Waals surface area contributed by atoms with Gasteiger partial charge in [0.25, 0.3) is 17.8 Å². The number of hydrogen-bond donors (Lipinski definition) is 0. The van der Waals surface area contributed by atoms with Crippen LogP contribution in [0, 0.1) is 0 Å². The Balaban J connectivity index is 1.20. The third kappa shape index (κ3) is 3.31. The molecule has 0 aliphatic carbocycles. The first-order chi connectivity index (χ1) is 15.0. The number of piperazine rings is 1. The van der Waals surface area contributed by atoms with Crippen LogP contribution in [0.4, 0.5) is 6.01 Å². The van der Waals surface area contributed by atoms with Gasteiger partial charge in [0.2, 0.25) is 11.6 Å². The number of carbonyl (C=O) groups excluding carboxylic acids is 3. The Morgan fingerprint density at radius 2 is 1.71 bits per heavy atom. The van der Waals surface area contributed by atoms with E-state index in [9.17, 15) is 14.4 Å². The standard InChI is InChI=1S/C22H21N5O4/c1-14(27-20(29)15-5-2-3-6-16(15)21(27)30)13-18(28)25-9-11-26(12-10-25)22-24-19-17(31-22)7-4-8-23-19/h2-8,14H,9-13H2,1H3/t14-/m0/s1. The molecule has 2 aliphatic heterocycles. The second-order valence-electron chi connectivity index (χ2n) is 7.77. The van der Waals surface area contributed by atoms with Crippen LogP contribution in [0.2, 0.25) is 0 Å². The minimum absolute atomic E-state index is 0.0806. The summed E-state index contributed by atoms with van der Waals surface area (Å²) < 4.78 is 5.76. The van der Waals surface area contributed by atoms with Crippen LogP contribution >= 0.6 is 0 Å². The zero-order valence-electron chi connectivity index (χ0n) is 17.0. The van der Waals surface area contributed by atoms with Gasteiger partial charge in [0, 0.05) is 44.8 Å². The first-order valence-electron chi connectivity index (χ1n) is 10.2. The molecule has 0 unspecified atom stereocenters. The number of benzene rings is 1. The predicted octanol–water partition coefficient (Wildman–Crippen LogP) is 1.95. The Morgan fingerprint density at radius 3 is 2.35 bits per heavy atom. The molecule has 1 fully saturated rings. The number of nitrogens with zero attached hydrogens (tertiary/aromatic N) is 5. The molecule has 0 saturated carbocycles. The number of aromatic nitrogens is 2. The van der Waals surface area contributed by atoms with Gasteiger partial charge in [-0.1, -0.05) is 12.1 Å². The summed E-state index contributed by atoms with van der Waals surface area (Å²) in [4.78, 5) is 51.6. The number of pyridine rings is 1. The van der Waals surface area contributed by atoms with Gasteiger partial charge in [-0.05, 0) is 31.2 Å². The lowest BCUT2D eigenvalue weighted by molar-refractivity contribution is -0.132. The molecular weight excluding hydrogens is 398 g/mol. The summed E-state index contributed by atoms with van der Waals surface area (Å²) >= 11 is 0. The van der Waals surface area contributed by atoms with E-state index in [0.29, 0.717) is 54.6 Å². The molecule has 1 aromatic carbocycles. The molecule has 3 amide bonds. The van der Waals surface area contributed by atoms with E-state index in [0.717, 1.165) is 0 Å². The fraction of sp³-hybridized carbons (Fsp3) is 0.318. The van der Waals surface area contributed by atoms with Crippen molar-refractivity contribution in [3.63, 3.8) is 0 Å². The molecule has 9 heteroatoms. The highest BCUT2D eigenvalue weighted by Crippen LogP contribution is 2.26. The van der Waals surface area contributed by atoms with Crippen LogP contribution in [-0.2, 0) is 4.79 Å². The first-order valence-corrected chi connectivity index (χ1v) is 10.2. The van der Waals surface area contributed by atoms with Gasteiger partial charge in [0.15, 0.2) is 5.58 Å². The largest absolute Gasteiger partial charge is 0.422 e. The van der Waals surface area contributed by atoms with Gasteiger partial charge >= 0.3 is 0 Å². The van der Waals surface area contributed by atoms with Crippen molar-refractivity contribution < 1.29 is 18.8 Å². The topological polar surface area (TPSA) is 99.8 Å². The van der Waals surface area contributed by atoms with E-state index < -0.39 is 6.04 Å². The van der Waals surface area contributed by atoms with Gasteiger partial charge in [-0.25, -0.2) is 4.98 Å². The first kappa shape index (κ1) is 19.2. The molecule has 1 saturated heterocycles. The maximum atomic E-state index is 12.8. The molecule has 3 aromatic rings. The van der Waals surface area contributed by atoms with Crippen molar-refractivity contribution in [2.75, 3.05) is 31.1 Å². The smallest absolute Gasteiger partial charge is 0.300 e. The highest BCUT2D eigenvalue weighted by atomic mass is 16.4. The average Bonchev–Trinajstić information content (AvgIpc) is 3.33. The zero-order chi connectivity index (χ0) is 21.5. The van der Waals surface area contributed by atoms with Gasteiger partial charge in [-0.3, -0.25) is 19.3 Å². The molecule has 2 aliphatic rings. The van der Waals surface area contributed by atoms with Crippen molar-refractivity contribution >= 4 is 35.0 Å². The number of rotatable bonds is 4. The third-order valence-electron chi connectivity index (χ3n) is 5.79. The number of hydrogen-bond acceptors (Lipinski definition) is 7. The van der Waals surface area contributed by atoms with E-state index in [1.807, 2.05) is 11.0 Å². The fourth-order valence-electron chi connectivity index (χ4n) is 4.12. The molecule has 5 rings (SSSR count). The number of fused-ring (bicyclic) bond motifs is 2. The van der Waals surface area contributed by atoms with E-state index >= 15 is 0 Å². The van der Waals surface area contributed by atoms with Gasteiger partial charge in [0.1, 0.15) is 0 Å². The number of imide groups is 1. The molecule has 31 heavy (non-hydrogen) atoms. The molecule has 0 bridgehead atoms. The van der Waals surface area contributed by atoms with E-state index in [-0.39, 0.29) is 24.1 Å². The number of amides is 3. The van der Waals surface area contributed by atoms with E-state index in [1.165, 1.54) is 4.90 Å². The average molecular weight is 419 g/mol. The van der Waals surface area contributed by atoms with Crippen LogP contribution in [0.1, 0.15) is 34.1 Å². The summed E-state index contributed by atoms with van der Waals surface area (Å²) in [6.45, 7) is 3.93. The Bertz CT molecular complexity index is 1110. The highest BCUT2D eigenvalue weighted by molar-refractivity contribution is 6.21. The highest BCUT2D eigenvalue weighted by Gasteiger charge is 2.39. The molecule has 9 nitrogen and oxygen atoms in total. The SMILES string of the molecule is C[C@@H](CC(=O)N1CCN(c2nc3ncccc3o2)CC1)N1C(=O)c2ccccc2C1=O. The van der Waals surface area contributed by atoms with Gasteiger partial charge in [-0.2, -0.15) is 4.98 Å². The van der Waals surface area contributed by atoms with Gasteiger partial charge < -0.3 is 14.2 Å². The van der Waals surface area contributed by atoms with Crippen LogP contribution in [0.15, 0.2) is 47.0 Å². The summed E-state index contributed by atoms with van der Waals surface area (Å²) in [5, 5.41) is 0. The lowest BCUT2D eigenvalue weighted by Gasteiger charge is -2.34. The molecular formula is C22H21N5O4. The second kappa shape index (κ2) is 7.50. The van der Waals surface area contributed by atoms with Crippen LogP contribution in [-0.4, -0.2) is 69.7 Å². The van der Waals surface area contributed by atoms with Crippen molar-refractivity contribution in [2.45, 2.75) is 19.4 Å². The van der Waals surface area contributed by atoms with Crippen molar-refractivity contribution in [1.82, 2.24) is 19.8 Å². The molecule has 2 aromatic heterocycles. The third-order valence-corrected chi connectivity index (χ3v) is 5.79. The van der Waals surface area contributed by atoms with Crippen LogP contribution in [0.3, 0.4) is 0 Å². The molecule has 0 N–H and O–H groups in total. The van der Waals surface area contributed by atoms with Crippen LogP contribution in [0.25, 0.3) is 11.2 Å². The van der Waals surface area contributed by atoms with E-state index in [2.05, 4.69) is 9.97 Å². The molecule has 4 heterocycles. The second-order valence-corrected chi connectivity index (χ2v) is 7.77. The predicted molar refractivity (Wildman–Crippen MR) is 112 cm³/mol. The lowest BCUT2D eigenvalue weighted by Crippen LogP contribution is -2.50. The maximum Gasteiger partial charge on any atom is 0.300 e. The Kier molecular flexibility index (Phi) is 4.65. The number of oxazole rings is 1. The van der Waals surface area contributed by atoms with Crippen molar-refractivity contribution in [2.24, 2.45) is 0 Å². The van der Waals surface area contributed by atoms with Gasteiger partial charge in [-0.15, -0.1) is 0 Å². The summed E-state index contributed by atoms with van der Waals surface area (Å²) in [6, 6.07) is 10.4. The Morgan fingerprint density at radius 1 is 1.03 bits per heavy atom. The minimum Gasteiger partial charge on any atom is -0.422 e. The molecule has 0 radical (unpaired) electrons. The Labute approximate surface area is 178 Å². The number of carbonyl (C=O) groups is 3. The monoisotopic (exact) mass is 419 g/mol. The summed E-state index contributed by atoms with van der Waals surface area (Å²) in [5.74, 6) is -0.756. The van der Waals surface area contributed by atoms with Crippen molar-refractivity contribution in [3.8, 4) is 0 Å². The lowest BCUT2D eigenvalue weighted by atomic mass is 10.1. The van der Waals surface area contributed by atoms with E-state index in [4.69, 9.17) is 4.42 Å².